The van der Waals surface area contributed by atoms with Crippen LogP contribution in [0.1, 0.15) is 45.4 Å². The average molecular weight is 278 g/mol. The van der Waals surface area contributed by atoms with Gasteiger partial charge in [0.05, 0.1) is 19.0 Å². The van der Waals surface area contributed by atoms with Gasteiger partial charge in [-0.15, -0.1) is 0 Å². The number of nitrogens with two attached hydrogens (primary N) is 1. The summed E-state index contributed by atoms with van der Waals surface area (Å²) in [6, 6.07) is 0.581. The highest BCUT2D eigenvalue weighted by molar-refractivity contribution is 5.39. The van der Waals surface area contributed by atoms with Crippen LogP contribution in [0.2, 0.25) is 0 Å². The Balaban J connectivity index is 2.09. The van der Waals surface area contributed by atoms with Gasteiger partial charge in [0.2, 0.25) is 5.88 Å². The van der Waals surface area contributed by atoms with Crippen LogP contribution in [-0.2, 0) is 0 Å². The number of aromatic nitrogens is 2. The van der Waals surface area contributed by atoms with Gasteiger partial charge in [0.25, 0.3) is 0 Å². The quantitative estimate of drug-likeness (QED) is 0.791. The minimum absolute atomic E-state index is 0.581. The molecule has 1 heterocycles. The maximum atomic E-state index is 5.66. The summed E-state index contributed by atoms with van der Waals surface area (Å²) in [5.74, 6) is 1.55. The molecule has 1 fully saturated rings. The topological polar surface area (TPSA) is 64.3 Å². The van der Waals surface area contributed by atoms with E-state index in [1.165, 1.54) is 25.7 Å². The first-order valence-electron chi connectivity index (χ1n) is 7.76. The molecule has 112 valence electrons. The Morgan fingerprint density at radius 3 is 2.85 bits per heavy atom. The third kappa shape index (κ3) is 4.07. The number of nitrogens with zero attached hydrogens (tertiary/aromatic N) is 3. The number of anilines is 1. The average Bonchev–Trinajstić information content (AvgIpc) is 3.00. The third-order valence-corrected chi connectivity index (χ3v) is 3.72. The fraction of sp³-hybridized carbons (Fsp3) is 0.733. The number of hydrogen-bond acceptors (Lipinski definition) is 5. The van der Waals surface area contributed by atoms with Crippen LogP contribution in [0.25, 0.3) is 0 Å². The van der Waals surface area contributed by atoms with E-state index in [0.717, 1.165) is 25.2 Å². The molecule has 0 bridgehead atoms. The highest BCUT2D eigenvalue weighted by atomic mass is 16.5. The van der Waals surface area contributed by atoms with E-state index in [0.29, 0.717) is 25.1 Å². The Morgan fingerprint density at radius 1 is 1.35 bits per heavy atom. The summed E-state index contributed by atoms with van der Waals surface area (Å²) in [5, 5.41) is 0. The van der Waals surface area contributed by atoms with Crippen LogP contribution in [0.5, 0.6) is 5.88 Å². The molecule has 1 aromatic heterocycles. The fourth-order valence-corrected chi connectivity index (χ4v) is 2.71. The molecule has 1 aromatic rings. The summed E-state index contributed by atoms with van der Waals surface area (Å²) in [6.07, 6.45) is 10.6. The van der Waals surface area contributed by atoms with E-state index in [2.05, 4.69) is 21.8 Å². The van der Waals surface area contributed by atoms with Crippen LogP contribution in [-0.4, -0.2) is 35.7 Å². The molecule has 2 N–H and O–H groups in total. The zero-order valence-corrected chi connectivity index (χ0v) is 12.4. The zero-order valence-electron chi connectivity index (χ0n) is 12.4. The van der Waals surface area contributed by atoms with Crippen LogP contribution in [0.15, 0.2) is 12.4 Å². The molecule has 5 heteroatoms. The molecule has 0 unspecified atom stereocenters. The molecule has 0 amide bonds. The van der Waals surface area contributed by atoms with Crippen molar-refractivity contribution in [1.29, 1.82) is 0 Å². The van der Waals surface area contributed by atoms with Gasteiger partial charge in [0.15, 0.2) is 5.82 Å². The highest BCUT2D eigenvalue weighted by Crippen LogP contribution is 2.27. The minimum Gasteiger partial charge on any atom is -0.477 e. The van der Waals surface area contributed by atoms with Gasteiger partial charge in [-0.05, 0) is 32.2 Å². The normalized spacial score (nSPS) is 15.5. The molecular formula is C15H26N4O. The third-order valence-electron chi connectivity index (χ3n) is 3.72. The van der Waals surface area contributed by atoms with Crippen molar-refractivity contribution in [2.75, 3.05) is 24.6 Å². The Hall–Kier alpha value is -1.36. The number of rotatable bonds is 8. The molecule has 0 saturated heterocycles. The maximum Gasteiger partial charge on any atom is 0.234 e. The van der Waals surface area contributed by atoms with Gasteiger partial charge in [-0.25, -0.2) is 0 Å². The molecule has 2 rings (SSSR count). The van der Waals surface area contributed by atoms with E-state index in [-0.39, 0.29) is 0 Å². The van der Waals surface area contributed by atoms with Crippen molar-refractivity contribution in [2.24, 2.45) is 5.73 Å². The number of hydrogen-bond donors (Lipinski definition) is 1. The molecule has 1 saturated carbocycles. The second-order valence-corrected chi connectivity index (χ2v) is 5.34. The van der Waals surface area contributed by atoms with Crippen LogP contribution >= 0.6 is 0 Å². The van der Waals surface area contributed by atoms with Crippen LogP contribution in [0.4, 0.5) is 5.82 Å². The van der Waals surface area contributed by atoms with Crippen molar-refractivity contribution in [3.8, 4) is 5.88 Å². The lowest BCUT2D eigenvalue weighted by Gasteiger charge is -2.29. The van der Waals surface area contributed by atoms with Crippen molar-refractivity contribution in [3.63, 3.8) is 0 Å². The van der Waals surface area contributed by atoms with Crippen LogP contribution < -0.4 is 15.4 Å². The van der Waals surface area contributed by atoms with Crippen LogP contribution in [0, 0.1) is 0 Å². The van der Waals surface area contributed by atoms with Gasteiger partial charge in [0, 0.05) is 12.6 Å². The Morgan fingerprint density at radius 2 is 2.15 bits per heavy atom. The van der Waals surface area contributed by atoms with Crippen molar-refractivity contribution in [2.45, 2.75) is 51.5 Å². The fourth-order valence-electron chi connectivity index (χ4n) is 2.71. The molecule has 20 heavy (non-hydrogen) atoms. The van der Waals surface area contributed by atoms with Crippen molar-refractivity contribution in [1.82, 2.24) is 9.97 Å². The molecule has 0 radical (unpaired) electrons. The van der Waals surface area contributed by atoms with Gasteiger partial charge in [-0.2, -0.15) is 4.98 Å². The molecular weight excluding hydrogens is 252 g/mol. The molecule has 0 spiro atoms. The molecule has 1 aliphatic rings. The first-order valence-corrected chi connectivity index (χ1v) is 7.76. The predicted molar refractivity (Wildman–Crippen MR) is 81.1 cm³/mol. The summed E-state index contributed by atoms with van der Waals surface area (Å²) in [4.78, 5) is 11.3. The first-order chi connectivity index (χ1) is 9.85. The first kappa shape index (κ1) is 15.0. The minimum atomic E-state index is 0.581. The summed E-state index contributed by atoms with van der Waals surface area (Å²) in [6.45, 7) is 4.43. The van der Waals surface area contributed by atoms with Crippen molar-refractivity contribution < 1.29 is 4.74 Å². The van der Waals surface area contributed by atoms with E-state index in [9.17, 15) is 0 Å². The van der Waals surface area contributed by atoms with Gasteiger partial charge in [0.1, 0.15) is 0 Å². The molecule has 0 aliphatic heterocycles. The summed E-state index contributed by atoms with van der Waals surface area (Å²) >= 11 is 0. The standard InChI is InChI=1S/C15H26N4O/c1-2-10-20-15-12-17-11-14(18-15)19(9-5-8-16)13-6-3-4-7-13/h11-13H,2-10,16H2,1H3. The summed E-state index contributed by atoms with van der Waals surface area (Å²) in [7, 11) is 0. The Kier molecular flexibility index (Phi) is 6.05. The monoisotopic (exact) mass is 278 g/mol. The van der Waals surface area contributed by atoms with Crippen molar-refractivity contribution in [3.05, 3.63) is 12.4 Å². The lowest BCUT2D eigenvalue weighted by Crippen LogP contribution is -2.35. The van der Waals surface area contributed by atoms with Gasteiger partial charge >= 0.3 is 0 Å². The largest absolute Gasteiger partial charge is 0.477 e. The van der Waals surface area contributed by atoms with Crippen LogP contribution in [0.3, 0.4) is 0 Å². The Bertz CT molecular complexity index is 393. The molecule has 5 nitrogen and oxygen atoms in total. The molecule has 0 atom stereocenters. The highest BCUT2D eigenvalue weighted by Gasteiger charge is 2.23. The number of ether oxygens (including phenoxy) is 1. The smallest absolute Gasteiger partial charge is 0.234 e. The second kappa shape index (κ2) is 8.04. The second-order valence-electron chi connectivity index (χ2n) is 5.34. The molecule has 0 aromatic carbocycles. The SMILES string of the molecule is CCCOc1cncc(N(CCCN)C2CCCC2)n1. The predicted octanol–water partition coefficient (Wildman–Crippen LogP) is 2.36. The van der Waals surface area contributed by atoms with E-state index in [4.69, 9.17) is 10.5 Å². The van der Waals surface area contributed by atoms with Gasteiger partial charge in [-0.1, -0.05) is 19.8 Å². The lowest BCUT2D eigenvalue weighted by molar-refractivity contribution is 0.303. The van der Waals surface area contributed by atoms with Gasteiger partial charge < -0.3 is 15.4 Å². The summed E-state index contributed by atoms with van der Waals surface area (Å²) in [5.41, 5.74) is 5.66. The van der Waals surface area contributed by atoms with E-state index >= 15 is 0 Å². The Labute approximate surface area is 121 Å². The van der Waals surface area contributed by atoms with Gasteiger partial charge in [-0.3, -0.25) is 4.98 Å². The zero-order chi connectivity index (χ0) is 14.2. The maximum absolute atomic E-state index is 5.66. The van der Waals surface area contributed by atoms with E-state index in [1.54, 1.807) is 6.20 Å². The molecule has 1 aliphatic carbocycles. The summed E-state index contributed by atoms with van der Waals surface area (Å²) < 4.78 is 5.59. The lowest BCUT2D eigenvalue weighted by atomic mass is 10.2. The van der Waals surface area contributed by atoms with Crippen molar-refractivity contribution >= 4 is 5.82 Å². The van der Waals surface area contributed by atoms with E-state index in [1.807, 2.05) is 6.20 Å². The van der Waals surface area contributed by atoms with E-state index < -0.39 is 0 Å².